The second-order valence-corrected chi connectivity index (χ2v) is 5.30. The third-order valence-corrected chi connectivity index (χ3v) is 3.97. The van der Waals surface area contributed by atoms with Gasteiger partial charge in [0.15, 0.2) is 11.5 Å². The van der Waals surface area contributed by atoms with E-state index in [1.807, 2.05) is 0 Å². The number of carbonyl (C=O) groups is 2. The number of Topliss-reactive ketones (excluding diaryl/α,β-unsaturated/α-hetero) is 1. The molecule has 0 radical (unpaired) electrons. The Morgan fingerprint density at radius 3 is 2.79 bits per heavy atom. The monoisotopic (exact) mass is 328 g/mol. The Bertz CT molecular complexity index is 549. The predicted molar refractivity (Wildman–Crippen MR) is 69.1 cm³/mol. The van der Waals surface area contributed by atoms with Crippen molar-refractivity contribution in [3.63, 3.8) is 0 Å². The molecule has 1 aromatic rings. The highest BCUT2D eigenvalue weighted by molar-refractivity contribution is 9.10. The molecule has 102 valence electrons. The number of aliphatic carboxylic acids is 1. The van der Waals surface area contributed by atoms with E-state index in [9.17, 15) is 14.7 Å². The number of carbonyl (C=O) groups excluding carboxylic acids is 1. The zero-order valence-electron chi connectivity index (χ0n) is 10.5. The molecule has 0 aliphatic heterocycles. The maximum atomic E-state index is 12.3. The summed E-state index contributed by atoms with van der Waals surface area (Å²) >= 11 is 3.14. The van der Waals surface area contributed by atoms with Crippen LogP contribution in [0.1, 0.15) is 30.3 Å². The van der Waals surface area contributed by atoms with E-state index in [0.717, 1.165) is 0 Å². The van der Waals surface area contributed by atoms with Crippen LogP contribution in [0.3, 0.4) is 0 Å². The summed E-state index contributed by atoms with van der Waals surface area (Å²) < 4.78 is 5.47. The van der Waals surface area contributed by atoms with Crippen molar-refractivity contribution in [2.24, 2.45) is 11.3 Å². The molecule has 7 heteroatoms. The van der Waals surface area contributed by atoms with Crippen molar-refractivity contribution in [1.29, 1.82) is 0 Å². The van der Waals surface area contributed by atoms with Crippen LogP contribution >= 0.6 is 15.9 Å². The summed E-state index contributed by atoms with van der Waals surface area (Å²) in [5.41, 5.74) is -0.858. The Kier molecular flexibility index (Phi) is 3.58. The van der Waals surface area contributed by atoms with Gasteiger partial charge in [-0.25, -0.2) is 9.97 Å². The second kappa shape index (κ2) is 4.88. The van der Waals surface area contributed by atoms with E-state index in [1.165, 1.54) is 13.3 Å². The van der Waals surface area contributed by atoms with Crippen molar-refractivity contribution in [3.8, 4) is 5.88 Å². The van der Waals surface area contributed by atoms with Gasteiger partial charge in [-0.2, -0.15) is 0 Å². The molecule has 1 heterocycles. The molecule has 2 rings (SSSR count). The van der Waals surface area contributed by atoms with Crippen LogP contribution in [0.4, 0.5) is 0 Å². The van der Waals surface area contributed by atoms with Gasteiger partial charge in [-0.05, 0) is 28.8 Å². The molecule has 1 aromatic heterocycles. The molecule has 19 heavy (non-hydrogen) atoms. The summed E-state index contributed by atoms with van der Waals surface area (Å²) in [5, 5.41) is 9.21. The summed E-state index contributed by atoms with van der Waals surface area (Å²) in [6.45, 7) is 1.77. The van der Waals surface area contributed by atoms with E-state index in [-0.39, 0.29) is 17.4 Å². The Morgan fingerprint density at radius 2 is 2.32 bits per heavy atom. The summed E-state index contributed by atoms with van der Waals surface area (Å²) in [4.78, 5) is 31.6. The minimum atomic E-state index is -0.948. The Morgan fingerprint density at radius 1 is 1.63 bits per heavy atom. The van der Waals surface area contributed by atoms with Crippen LogP contribution in [0.2, 0.25) is 0 Å². The topological polar surface area (TPSA) is 89.4 Å². The van der Waals surface area contributed by atoms with Gasteiger partial charge in [0, 0.05) is 5.92 Å². The average Bonchev–Trinajstić information content (AvgIpc) is 3.14. The quantitative estimate of drug-likeness (QED) is 0.830. The fourth-order valence-electron chi connectivity index (χ4n) is 2.26. The van der Waals surface area contributed by atoms with Crippen molar-refractivity contribution in [2.45, 2.75) is 19.8 Å². The minimum absolute atomic E-state index is 0.0901. The lowest BCUT2D eigenvalue weighted by molar-refractivity contribution is -0.143. The average molecular weight is 329 g/mol. The lowest BCUT2D eigenvalue weighted by atomic mass is 9.97. The standard InChI is InChI=1S/C12H13BrN2O4/c1-3-12(11(17)18)4-6(12)9(16)8-10(19-2)15-7(13)5-14-8/h5-6H,3-4H2,1-2H3,(H,17,18). The van der Waals surface area contributed by atoms with Gasteiger partial charge < -0.3 is 9.84 Å². The fourth-order valence-corrected chi connectivity index (χ4v) is 2.52. The minimum Gasteiger partial charge on any atom is -0.481 e. The van der Waals surface area contributed by atoms with Gasteiger partial charge in [0.25, 0.3) is 0 Å². The van der Waals surface area contributed by atoms with Crippen LogP contribution in [0.5, 0.6) is 5.88 Å². The van der Waals surface area contributed by atoms with Crippen molar-refractivity contribution in [1.82, 2.24) is 9.97 Å². The number of carboxylic acid groups (broad SMARTS) is 1. The van der Waals surface area contributed by atoms with Crippen LogP contribution < -0.4 is 4.74 Å². The first-order chi connectivity index (χ1) is 8.96. The highest BCUT2D eigenvalue weighted by Crippen LogP contribution is 2.56. The van der Waals surface area contributed by atoms with Crippen molar-refractivity contribution < 1.29 is 19.4 Å². The number of rotatable bonds is 5. The number of ether oxygens (including phenoxy) is 1. The maximum Gasteiger partial charge on any atom is 0.310 e. The molecule has 0 amide bonds. The maximum absolute atomic E-state index is 12.3. The van der Waals surface area contributed by atoms with Crippen LogP contribution in [-0.2, 0) is 4.79 Å². The smallest absolute Gasteiger partial charge is 0.310 e. The van der Waals surface area contributed by atoms with E-state index >= 15 is 0 Å². The Balaban J connectivity index is 2.30. The fraction of sp³-hybridized carbons (Fsp3) is 0.500. The first-order valence-electron chi connectivity index (χ1n) is 5.80. The summed E-state index contributed by atoms with van der Waals surface area (Å²) in [6, 6.07) is 0. The number of ketones is 1. The summed E-state index contributed by atoms with van der Waals surface area (Å²) in [5.74, 6) is -1.68. The van der Waals surface area contributed by atoms with E-state index < -0.39 is 17.3 Å². The summed E-state index contributed by atoms with van der Waals surface area (Å²) in [7, 11) is 1.39. The molecule has 1 saturated carbocycles. The Labute approximate surface area is 118 Å². The van der Waals surface area contributed by atoms with Crippen molar-refractivity contribution >= 4 is 27.7 Å². The molecule has 1 N–H and O–H groups in total. The number of hydrogen-bond acceptors (Lipinski definition) is 5. The molecule has 2 atom stereocenters. The highest BCUT2D eigenvalue weighted by atomic mass is 79.9. The van der Waals surface area contributed by atoms with E-state index in [2.05, 4.69) is 25.9 Å². The van der Waals surface area contributed by atoms with Gasteiger partial charge in [-0.15, -0.1) is 0 Å². The lowest BCUT2D eigenvalue weighted by Crippen LogP contribution is -2.21. The van der Waals surface area contributed by atoms with Crippen molar-refractivity contribution in [3.05, 3.63) is 16.5 Å². The molecule has 1 aliphatic rings. The van der Waals surface area contributed by atoms with Gasteiger partial charge in [0.2, 0.25) is 5.88 Å². The second-order valence-electron chi connectivity index (χ2n) is 4.49. The first-order valence-corrected chi connectivity index (χ1v) is 6.59. The van der Waals surface area contributed by atoms with Crippen LogP contribution in [0.15, 0.2) is 10.8 Å². The number of hydrogen-bond donors (Lipinski definition) is 1. The number of methoxy groups -OCH3 is 1. The zero-order valence-corrected chi connectivity index (χ0v) is 12.1. The van der Waals surface area contributed by atoms with Crippen molar-refractivity contribution in [2.75, 3.05) is 7.11 Å². The molecule has 2 unspecified atom stereocenters. The van der Waals surface area contributed by atoms with E-state index in [4.69, 9.17) is 4.74 Å². The number of aromatic nitrogens is 2. The largest absolute Gasteiger partial charge is 0.481 e. The van der Waals surface area contributed by atoms with Crippen LogP contribution in [0, 0.1) is 11.3 Å². The van der Waals surface area contributed by atoms with Gasteiger partial charge >= 0.3 is 5.97 Å². The molecule has 6 nitrogen and oxygen atoms in total. The number of halogens is 1. The molecular weight excluding hydrogens is 316 g/mol. The molecule has 1 aliphatic carbocycles. The van der Waals surface area contributed by atoms with E-state index in [1.54, 1.807) is 6.92 Å². The van der Waals surface area contributed by atoms with Gasteiger partial charge in [0.1, 0.15) is 4.60 Å². The highest BCUT2D eigenvalue weighted by Gasteiger charge is 2.63. The van der Waals surface area contributed by atoms with E-state index in [0.29, 0.717) is 17.4 Å². The molecule has 1 fully saturated rings. The molecule has 0 bridgehead atoms. The van der Waals surface area contributed by atoms with Crippen LogP contribution in [0.25, 0.3) is 0 Å². The molecule has 0 aromatic carbocycles. The zero-order chi connectivity index (χ0) is 14.2. The Hall–Kier alpha value is -1.50. The molecule has 0 spiro atoms. The first kappa shape index (κ1) is 13.9. The molecule has 0 saturated heterocycles. The molecular formula is C12H13BrN2O4. The third-order valence-electron chi connectivity index (χ3n) is 3.59. The SMILES string of the molecule is CCC1(C(=O)O)CC1C(=O)c1ncc(Br)nc1OC. The van der Waals surface area contributed by atoms with Gasteiger partial charge in [-0.1, -0.05) is 6.92 Å². The third kappa shape index (κ3) is 2.22. The van der Waals surface area contributed by atoms with Gasteiger partial charge in [0.05, 0.1) is 18.7 Å². The number of carboxylic acids is 1. The predicted octanol–water partition coefficient (Wildman–Crippen LogP) is 1.93. The number of nitrogens with zero attached hydrogens (tertiary/aromatic N) is 2. The van der Waals surface area contributed by atoms with Gasteiger partial charge in [-0.3, -0.25) is 9.59 Å². The summed E-state index contributed by atoms with van der Waals surface area (Å²) in [6.07, 6.45) is 2.16. The van der Waals surface area contributed by atoms with Crippen LogP contribution in [-0.4, -0.2) is 33.9 Å². The normalized spacial score (nSPS) is 24.9. The lowest BCUT2D eigenvalue weighted by Gasteiger charge is -2.09.